The number of rotatable bonds is 6. The molecule has 0 saturated heterocycles. The monoisotopic (exact) mass is 450 g/mol. The van der Waals surface area contributed by atoms with E-state index in [1.165, 1.54) is 6.07 Å². The lowest BCUT2D eigenvalue weighted by Crippen LogP contribution is -2.14. The average molecular weight is 451 g/mol. The molecule has 0 spiro atoms. The molecule has 0 unspecified atom stereocenters. The van der Waals surface area contributed by atoms with Gasteiger partial charge in [-0.25, -0.2) is 8.42 Å². The minimum atomic E-state index is -3.43. The number of para-hydroxylation sites is 1. The van der Waals surface area contributed by atoms with Crippen LogP contribution in [0.15, 0.2) is 66.7 Å². The Morgan fingerprint density at radius 1 is 0.897 bits per heavy atom. The normalized spacial score (nSPS) is 11.0. The Morgan fingerprint density at radius 2 is 1.62 bits per heavy atom. The van der Waals surface area contributed by atoms with Gasteiger partial charge in [-0.1, -0.05) is 41.4 Å². The van der Waals surface area contributed by atoms with Crippen molar-refractivity contribution in [3.8, 4) is 11.5 Å². The van der Waals surface area contributed by atoms with Gasteiger partial charge >= 0.3 is 0 Å². The van der Waals surface area contributed by atoms with Gasteiger partial charge in [-0.15, -0.1) is 0 Å². The van der Waals surface area contributed by atoms with Crippen LogP contribution in [0.3, 0.4) is 0 Å². The number of ether oxygens (including phenoxy) is 1. The summed E-state index contributed by atoms with van der Waals surface area (Å²) in [6.45, 7) is 0. The molecule has 6 nitrogen and oxygen atoms in total. The van der Waals surface area contributed by atoms with Crippen molar-refractivity contribution in [1.29, 1.82) is 0 Å². The molecule has 0 saturated carbocycles. The first kappa shape index (κ1) is 21.0. The largest absolute Gasteiger partial charge is 0.455 e. The van der Waals surface area contributed by atoms with E-state index in [0.717, 1.165) is 6.26 Å². The van der Waals surface area contributed by atoms with Crippen LogP contribution in [0.4, 0.5) is 11.4 Å². The van der Waals surface area contributed by atoms with Crippen LogP contribution in [0, 0.1) is 0 Å². The lowest BCUT2D eigenvalue weighted by atomic mass is 10.1. The van der Waals surface area contributed by atoms with Crippen molar-refractivity contribution < 1.29 is 17.9 Å². The summed E-state index contributed by atoms with van der Waals surface area (Å²) in [5, 5.41) is 3.51. The van der Waals surface area contributed by atoms with Crippen LogP contribution in [0.5, 0.6) is 11.5 Å². The van der Waals surface area contributed by atoms with Gasteiger partial charge < -0.3 is 10.1 Å². The number of anilines is 2. The topological polar surface area (TPSA) is 84.5 Å². The number of sulfonamides is 1. The van der Waals surface area contributed by atoms with E-state index in [2.05, 4.69) is 10.0 Å². The third-order valence-corrected chi connectivity index (χ3v) is 4.81. The molecule has 0 aromatic heterocycles. The summed E-state index contributed by atoms with van der Waals surface area (Å²) in [6.07, 6.45) is 1.05. The molecule has 3 rings (SSSR count). The molecule has 0 bridgehead atoms. The van der Waals surface area contributed by atoms with Crippen molar-refractivity contribution in [3.05, 3.63) is 82.3 Å². The van der Waals surface area contributed by atoms with E-state index in [9.17, 15) is 13.2 Å². The third kappa shape index (κ3) is 5.87. The fraction of sp³-hybridized carbons (Fsp3) is 0.0500. The van der Waals surface area contributed by atoms with Crippen molar-refractivity contribution in [2.24, 2.45) is 0 Å². The first-order valence-electron chi connectivity index (χ1n) is 8.32. The van der Waals surface area contributed by atoms with E-state index in [1.807, 2.05) is 0 Å². The summed E-state index contributed by atoms with van der Waals surface area (Å²) in [7, 11) is -3.43. The Bertz CT molecular complexity index is 1170. The molecule has 3 aromatic carbocycles. The van der Waals surface area contributed by atoms with Gasteiger partial charge in [0.05, 0.1) is 22.5 Å². The summed E-state index contributed by atoms with van der Waals surface area (Å²) in [4.78, 5) is 12.8. The second kappa shape index (κ2) is 8.73. The number of benzene rings is 3. The van der Waals surface area contributed by atoms with Gasteiger partial charge in [0.2, 0.25) is 10.0 Å². The van der Waals surface area contributed by atoms with Crippen LogP contribution in [0.25, 0.3) is 0 Å². The Hall–Kier alpha value is -2.74. The second-order valence-corrected chi connectivity index (χ2v) is 8.67. The van der Waals surface area contributed by atoms with Gasteiger partial charge in [0, 0.05) is 10.7 Å². The summed E-state index contributed by atoms with van der Waals surface area (Å²) in [5.41, 5.74) is 1.03. The number of hydrogen-bond acceptors (Lipinski definition) is 4. The predicted molar refractivity (Wildman–Crippen MR) is 116 cm³/mol. The number of hydrogen-bond donors (Lipinski definition) is 2. The van der Waals surface area contributed by atoms with Crippen molar-refractivity contribution in [2.75, 3.05) is 16.3 Å². The number of nitrogens with one attached hydrogen (secondary N) is 2. The van der Waals surface area contributed by atoms with Gasteiger partial charge in [0.15, 0.2) is 0 Å². The molecule has 0 aliphatic rings. The highest BCUT2D eigenvalue weighted by molar-refractivity contribution is 7.92. The van der Waals surface area contributed by atoms with Crippen molar-refractivity contribution in [3.63, 3.8) is 0 Å². The molecule has 9 heteroatoms. The van der Waals surface area contributed by atoms with Crippen LogP contribution >= 0.6 is 23.2 Å². The Labute approximate surface area is 178 Å². The highest BCUT2D eigenvalue weighted by atomic mass is 35.5. The quantitative estimate of drug-likeness (QED) is 0.525. The summed E-state index contributed by atoms with van der Waals surface area (Å²) >= 11 is 12.0. The molecule has 0 fully saturated rings. The smallest absolute Gasteiger partial charge is 0.259 e. The van der Waals surface area contributed by atoms with E-state index < -0.39 is 15.9 Å². The standard InChI is InChI=1S/C20H16Cl2N2O4S/c1-29(26,27)24-15-6-4-5-14(12-15)23-20(25)16-7-2-3-8-18(16)28-19-10-9-13(21)11-17(19)22/h2-12,24H,1H3,(H,23,25). The fourth-order valence-electron chi connectivity index (χ4n) is 2.49. The predicted octanol–water partition coefficient (Wildman–Crippen LogP) is 5.41. The molecular formula is C20H16Cl2N2O4S. The molecule has 0 aliphatic carbocycles. The number of amides is 1. The zero-order valence-electron chi connectivity index (χ0n) is 15.1. The maximum atomic E-state index is 12.8. The summed E-state index contributed by atoms with van der Waals surface area (Å²) in [5.74, 6) is 0.234. The molecular weight excluding hydrogens is 435 g/mol. The molecule has 0 radical (unpaired) electrons. The zero-order chi connectivity index (χ0) is 21.0. The number of halogens is 2. The first-order valence-corrected chi connectivity index (χ1v) is 11.0. The van der Waals surface area contributed by atoms with Crippen LogP contribution in [0.1, 0.15) is 10.4 Å². The first-order chi connectivity index (χ1) is 13.7. The van der Waals surface area contributed by atoms with Gasteiger partial charge in [0.25, 0.3) is 5.91 Å². The molecule has 1 amide bonds. The van der Waals surface area contributed by atoms with E-state index in [1.54, 1.807) is 60.7 Å². The van der Waals surface area contributed by atoms with Gasteiger partial charge in [0.1, 0.15) is 11.5 Å². The molecule has 29 heavy (non-hydrogen) atoms. The maximum absolute atomic E-state index is 12.8. The Balaban J connectivity index is 1.83. The Kier molecular flexibility index (Phi) is 6.32. The van der Waals surface area contributed by atoms with Crippen molar-refractivity contribution >= 4 is 50.5 Å². The number of carbonyl (C=O) groups is 1. The van der Waals surface area contributed by atoms with Crippen molar-refractivity contribution in [2.45, 2.75) is 0 Å². The summed E-state index contributed by atoms with van der Waals surface area (Å²) in [6, 6.07) is 17.8. The van der Waals surface area contributed by atoms with Crippen LogP contribution in [-0.2, 0) is 10.0 Å². The van der Waals surface area contributed by atoms with Crippen molar-refractivity contribution in [1.82, 2.24) is 0 Å². The minimum Gasteiger partial charge on any atom is -0.455 e. The van der Waals surface area contributed by atoms with Crippen LogP contribution in [0.2, 0.25) is 10.0 Å². The van der Waals surface area contributed by atoms with E-state index in [0.29, 0.717) is 32.9 Å². The van der Waals surface area contributed by atoms with Gasteiger partial charge in [-0.05, 0) is 48.5 Å². The number of carbonyl (C=O) groups excluding carboxylic acids is 1. The maximum Gasteiger partial charge on any atom is 0.259 e. The van der Waals surface area contributed by atoms with Gasteiger partial charge in [-0.3, -0.25) is 9.52 Å². The highest BCUT2D eigenvalue weighted by Gasteiger charge is 2.15. The molecule has 3 aromatic rings. The van der Waals surface area contributed by atoms with E-state index in [-0.39, 0.29) is 5.56 Å². The lowest BCUT2D eigenvalue weighted by molar-refractivity contribution is 0.102. The second-order valence-electron chi connectivity index (χ2n) is 6.08. The van der Waals surface area contributed by atoms with E-state index >= 15 is 0 Å². The molecule has 150 valence electrons. The fourth-order valence-corrected chi connectivity index (χ4v) is 3.49. The van der Waals surface area contributed by atoms with Crippen LogP contribution in [-0.4, -0.2) is 20.6 Å². The third-order valence-electron chi connectivity index (χ3n) is 3.67. The van der Waals surface area contributed by atoms with Gasteiger partial charge in [-0.2, -0.15) is 0 Å². The van der Waals surface area contributed by atoms with E-state index in [4.69, 9.17) is 27.9 Å². The minimum absolute atomic E-state index is 0.278. The molecule has 0 atom stereocenters. The molecule has 0 aliphatic heterocycles. The lowest BCUT2D eigenvalue weighted by Gasteiger charge is -2.13. The SMILES string of the molecule is CS(=O)(=O)Nc1cccc(NC(=O)c2ccccc2Oc2ccc(Cl)cc2Cl)c1. The Morgan fingerprint density at radius 3 is 2.34 bits per heavy atom. The summed E-state index contributed by atoms with van der Waals surface area (Å²) < 4.78 is 30.9. The molecule has 2 N–H and O–H groups in total. The van der Waals surface area contributed by atoms with Crippen LogP contribution < -0.4 is 14.8 Å². The zero-order valence-corrected chi connectivity index (χ0v) is 17.5. The average Bonchev–Trinajstić information content (AvgIpc) is 2.63. The molecule has 0 heterocycles. The highest BCUT2D eigenvalue weighted by Crippen LogP contribution is 2.33.